The van der Waals surface area contributed by atoms with Gasteiger partial charge in [0, 0.05) is 24.8 Å². The Morgan fingerprint density at radius 3 is 3.16 bits per heavy atom. The normalized spacial score (nSPS) is 22.8. The quantitative estimate of drug-likeness (QED) is 0.790. The van der Waals surface area contributed by atoms with Crippen molar-refractivity contribution in [2.75, 3.05) is 6.54 Å². The molecule has 1 aliphatic carbocycles. The zero-order valence-corrected chi connectivity index (χ0v) is 11.5. The molecule has 0 radical (unpaired) electrons. The van der Waals surface area contributed by atoms with Gasteiger partial charge in [-0.15, -0.1) is 0 Å². The Kier molecular flexibility index (Phi) is 4.96. The molecule has 106 valence electrons. The predicted molar refractivity (Wildman–Crippen MR) is 72.7 cm³/mol. The minimum Gasteiger partial charge on any atom is -0.481 e. The fourth-order valence-corrected chi connectivity index (χ4v) is 2.86. The lowest BCUT2D eigenvalue weighted by molar-refractivity contribution is -0.142. The standard InChI is InChI=1S/C14H23N3O2/c1-2-6-17-10-11(8-16-17)7-15-9-12-4-3-5-13(12)14(18)19/h8,10,12-13,15H,2-7,9H2,1H3,(H,18,19). The van der Waals surface area contributed by atoms with Gasteiger partial charge < -0.3 is 10.4 Å². The molecule has 1 saturated carbocycles. The number of aryl methyl sites for hydroxylation is 1. The molecule has 0 saturated heterocycles. The summed E-state index contributed by atoms with van der Waals surface area (Å²) in [5, 5.41) is 16.8. The van der Waals surface area contributed by atoms with Crippen molar-refractivity contribution >= 4 is 5.97 Å². The lowest BCUT2D eigenvalue weighted by atomic mass is 9.96. The lowest BCUT2D eigenvalue weighted by Crippen LogP contribution is -2.28. The van der Waals surface area contributed by atoms with Crippen LogP contribution in [0.3, 0.4) is 0 Å². The fourth-order valence-electron chi connectivity index (χ4n) is 2.86. The first kappa shape index (κ1) is 14.1. The van der Waals surface area contributed by atoms with Gasteiger partial charge in [0.25, 0.3) is 0 Å². The molecular formula is C14H23N3O2. The third kappa shape index (κ3) is 3.80. The molecule has 1 aromatic heterocycles. The molecule has 2 rings (SSSR count). The number of nitrogens with one attached hydrogen (secondary N) is 1. The van der Waals surface area contributed by atoms with E-state index in [1.165, 1.54) is 5.56 Å². The van der Waals surface area contributed by atoms with Gasteiger partial charge >= 0.3 is 5.97 Å². The third-order valence-corrected chi connectivity index (χ3v) is 3.85. The molecule has 19 heavy (non-hydrogen) atoms. The first-order valence-corrected chi connectivity index (χ1v) is 7.15. The first-order valence-electron chi connectivity index (χ1n) is 7.15. The van der Waals surface area contributed by atoms with Crippen molar-refractivity contribution in [1.82, 2.24) is 15.1 Å². The Bertz CT molecular complexity index is 417. The molecule has 0 spiro atoms. The molecular weight excluding hydrogens is 242 g/mol. The minimum atomic E-state index is -0.639. The van der Waals surface area contributed by atoms with Crippen molar-refractivity contribution in [1.29, 1.82) is 0 Å². The average molecular weight is 265 g/mol. The predicted octanol–water partition coefficient (Wildman–Crippen LogP) is 1.88. The topological polar surface area (TPSA) is 67.2 Å². The van der Waals surface area contributed by atoms with Gasteiger partial charge in [0.05, 0.1) is 12.1 Å². The summed E-state index contributed by atoms with van der Waals surface area (Å²) in [6, 6.07) is 0. The second kappa shape index (κ2) is 6.70. The molecule has 1 aromatic rings. The Hall–Kier alpha value is -1.36. The maximum atomic E-state index is 11.1. The van der Waals surface area contributed by atoms with Gasteiger partial charge in [-0.1, -0.05) is 13.3 Å². The summed E-state index contributed by atoms with van der Waals surface area (Å²) in [7, 11) is 0. The highest BCUT2D eigenvalue weighted by Crippen LogP contribution is 2.31. The van der Waals surface area contributed by atoms with E-state index in [4.69, 9.17) is 5.11 Å². The van der Waals surface area contributed by atoms with Crippen LogP contribution in [-0.2, 0) is 17.9 Å². The van der Waals surface area contributed by atoms with Crippen molar-refractivity contribution in [3.63, 3.8) is 0 Å². The van der Waals surface area contributed by atoms with Gasteiger partial charge in [-0.05, 0) is 31.7 Å². The van der Waals surface area contributed by atoms with Crippen molar-refractivity contribution in [2.24, 2.45) is 11.8 Å². The molecule has 1 heterocycles. The van der Waals surface area contributed by atoms with Crippen LogP contribution < -0.4 is 5.32 Å². The van der Waals surface area contributed by atoms with Crippen LogP contribution in [0.25, 0.3) is 0 Å². The Morgan fingerprint density at radius 2 is 2.42 bits per heavy atom. The van der Waals surface area contributed by atoms with Crippen LogP contribution in [0.4, 0.5) is 0 Å². The summed E-state index contributed by atoms with van der Waals surface area (Å²) < 4.78 is 1.95. The fraction of sp³-hybridized carbons (Fsp3) is 0.714. The van der Waals surface area contributed by atoms with E-state index in [-0.39, 0.29) is 11.8 Å². The van der Waals surface area contributed by atoms with Crippen molar-refractivity contribution < 1.29 is 9.90 Å². The highest BCUT2D eigenvalue weighted by molar-refractivity contribution is 5.70. The maximum absolute atomic E-state index is 11.1. The number of aliphatic carboxylic acids is 1. The summed E-state index contributed by atoms with van der Waals surface area (Å²) in [6.45, 7) is 4.64. The zero-order chi connectivity index (χ0) is 13.7. The van der Waals surface area contributed by atoms with Crippen LogP contribution in [0.1, 0.15) is 38.2 Å². The number of hydrogen-bond donors (Lipinski definition) is 2. The number of hydrogen-bond acceptors (Lipinski definition) is 3. The first-order chi connectivity index (χ1) is 9.20. The number of rotatable bonds is 7. The number of aromatic nitrogens is 2. The number of carboxylic acid groups (broad SMARTS) is 1. The monoisotopic (exact) mass is 265 g/mol. The highest BCUT2D eigenvalue weighted by Gasteiger charge is 2.32. The van der Waals surface area contributed by atoms with E-state index >= 15 is 0 Å². The van der Waals surface area contributed by atoms with Crippen LogP contribution in [0.15, 0.2) is 12.4 Å². The summed E-state index contributed by atoms with van der Waals surface area (Å²) in [5.74, 6) is -0.515. The van der Waals surface area contributed by atoms with Crippen molar-refractivity contribution in [3.05, 3.63) is 18.0 Å². The molecule has 5 nitrogen and oxygen atoms in total. The Morgan fingerprint density at radius 1 is 1.58 bits per heavy atom. The van der Waals surface area contributed by atoms with Crippen LogP contribution in [0.5, 0.6) is 0 Å². The molecule has 1 fully saturated rings. The largest absolute Gasteiger partial charge is 0.481 e. The zero-order valence-electron chi connectivity index (χ0n) is 11.5. The van der Waals surface area contributed by atoms with Gasteiger partial charge in [0.2, 0.25) is 0 Å². The molecule has 5 heteroatoms. The maximum Gasteiger partial charge on any atom is 0.306 e. The Balaban J connectivity index is 1.75. The molecule has 0 aliphatic heterocycles. The van der Waals surface area contributed by atoms with Gasteiger partial charge in [0.1, 0.15) is 0 Å². The third-order valence-electron chi connectivity index (χ3n) is 3.85. The molecule has 2 unspecified atom stereocenters. The lowest BCUT2D eigenvalue weighted by Gasteiger charge is -2.15. The van der Waals surface area contributed by atoms with Gasteiger partial charge in [-0.2, -0.15) is 5.10 Å². The molecule has 1 aliphatic rings. The molecule has 0 bridgehead atoms. The van der Waals surface area contributed by atoms with E-state index in [1.54, 1.807) is 0 Å². The van der Waals surface area contributed by atoms with E-state index in [1.807, 2.05) is 10.9 Å². The van der Waals surface area contributed by atoms with Crippen LogP contribution in [0, 0.1) is 11.8 Å². The van der Waals surface area contributed by atoms with Gasteiger partial charge in [-0.3, -0.25) is 9.48 Å². The highest BCUT2D eigenvalue weighted by atomic mass is 16.4. The number of nitrogens with zero attached hydrogens (tertiary/aromatic N) is 2. The molecule has 2 N–H and O–H groups in total. The summed E-state index contributed by atoms with van der Waals surface area (Å²) in [6.07, 6.45) is 7.91. The van der Waals surface area contributed by atoms with E-state index in [9.17, 15) is 4.79 Å². The van der Waals surface area contributed by atoms with Crippen LogP contribution in [-0.4, -0.2) is 27.4 Å². The van der Waals surface area contributed by atoms with Crippen molar-refractivity contribution in [3.8, 4) is 0 Å². The van der Waals surface area contributed by atoms with Crippen LogP contribution >= 0.6 is 0 Å². The SMILES string of the molecule is CCCn1cc(CNCC2CCCC2C(=O)O)cn1. The molecule has 0 amide bonds. The summed E-state index contributed by atoms with van der Waals surface area (Å²) in [5.41, 5.74) is 1.17. The summed E-state index contributed by atoms with van der Waals surface area (Å²) in [4.78, 5) is 11.1. The molecule has 0 aromatic carbocycles. The van der Waals surface area contributed by atoms with Crippen LogP contribution in [0.2, 0.25) is 0 Å². The van der Waals surface area contributed by atoms with E-state index in [0.717, 1.165) is 45.3 Å². The second-order valence-corrected chi connectivity index (χ2v) is 5.38. The van der Waals surface area contributed by atoms with Crippen molar-refractivity contribution in [2.45, 2.75) is 45.7 Å². The minimum absolute atomic E-state index is 0.157. The second-order valence-electron chi connectivity index (χ2n) is 5.38. The van der Waals surface area contributed by atoms with Gasteiger partial charge in [0.15, 0.2) is 0 Å². The smallest absolute Gasteiger partial charge is 0.306 e. The number of carbonyl (C=O) groups is 1. The Labute approximate surface area is 114 Å². The molecule has 2 atom stereocenters. The summed E-state index contributed by atoms with van der Waals surface area (Å²) >= 11 is 0. The van der Waals surface area contributed by atoms with E-state index in [2.05, 4.69) is 23.5 Å². The average Bonchev–Trinajstić information content (AvgIpc) is 2.99. The van der Waals surface area contributed by atoms with E-state index in [0.29, 0.717) is 0 Å². The van der Waals surface area contributed by atoms with E-state index < -0.39 is 5.97 Å². The number of carboxylic acids is 1. The van der Waals surface area contributed by atoms with Gasteiger partial charge in [-0.25, -0.2) is 0 Å².